The summed E-state index contributed by atoms with van der Waals surface area (Å²) < 4.78 is 31.8. The van der Waals surface area contributed by atoms with Gasteiger partial charge in [-0.25, -0.2) is 8.78 Å². The van der Waals surface area contributed by atoms with Gasteiger partial charge < -0.3 is 10.1 Å². The molecule has 0 spiro atoms. The molecule has 1 aromatic rings. The summed E-state index contributed by atoms with van der Waals surface area (Å²) in [5, 5.41) is 3.11. The quantitative estimate of drug-likeness (QED) is 0.878. The number of hydrogen-bond acceptors (Lipinski definition) is 2. The number of benzene rings is 1. The molecule has 2 nitrogen and oxygen atoms in total. The van der Waals surface area contributed by atoms with Gasteiger partial charge >= 0.3 is 0 Å². The standard InChI is InChI=1S/C13H17F2NO/c1-8-3-6-12(17-8)13(16-2)9-4-5-10(14)11(15)7-9/h4-5,7-8,12-13,16H,3,6H2,1-2H3. The third-order valence-electron chi connectivity index (χ3n) is 3.25. The second kappa shape index (κ2) is 5.10. The van der Waals surface area contributed by atoms with E-state index in [2.05, 4.69) is 5.32 Å². The number of ether oxygens (including phenoxy) is 1. The van der Waals surface area contributed by atoms with Crippen LogP contribution < -0.4 is 5.32 Å². The van der Waals surface area contributed by atoms with E-state index >= 15 is 0 Å². The number of rotatable bonds is 3. The predicted molar refractivity (Wildman–Crippen MR) is 61.7 cm³/mol. The second-order valence-electron chi connectivity index (χ2n) is 4.50. The Kier molecular flexibility index (Phi) is 3.74. The molecule has 1 fully saturated rings. The van der Waals surface area contributed by atoms with Gasteiger partial charge in [-0.2, -0.15) is 0 Å². The van der Waals surface area contributed by atoms with Crippen LogP contribution in [0.3, 0.4) is 0 Å². The molecule has 0 amide bonds. The third-order valence-corrected chi connectivity index (χ3v) is 3.25. The van der Waals surface area contributed by atoms with Gasteiger partial charge in [0.2, 0.25) is 0 Å². The Morgan fingerprint density at radius 2 is 2.06 bits per heavy atom. The van der Waals surface area contributed by atoms with Crippen LogP contribution >= 0.6 is 0 Å². The number of hydrogen-bond donors (Lipinski definition) is 1. The molecular formula is C13H17F2NO. The summed E-state index contributed by atoms with van der Waals surface area (Å²) in [4.78, 5) is 0. The molecule has 1 saturated heterocycles. The summed E-state index contributed by atoms with van der Waals surface area (Å²) in [6.45, 7) is 2.03. The zero-order valence-electron chi connectivity index (χ0n) is 10.0. The van der Waals surface area contributed by atoms with Gasteiger partial charge in [0, 0.05) is 0 Å². The molecule has 0 radical (unpaired) electrons. The van der Waals surface area contributed by atoms with Crippen LogP contribution in [-0.4, -0.2) is 19.3 Å². The molecule has 2 rings (SSSR count). The highest BCUT2D eigenvalue weighted by atomic mass is 19.2. The van der Waals surface area contributed by atoms with Crippen molar-refractivity contribution in [2.24, 2.45) is 0 Å². The molecule has 1 aliphatic heterocycles. The molecule has 1 N–H and O–H groups in total. The van der Waals surface area contributed by atoms with Crippen molar-refractivity contribution in [3.05, 3.63) is 35.4 Å². The Morgan fingerprint density at radius 3 is 2.59 bits per heavy atom. The first-order valence-electron chi connectivity index (χ1n) is 5.89. The number of likely N-dealkylation sites (N-methyl/N-ethyl adjacent to an activating group) is 1. The molecule has 1 aliphatic rings. The molecular weight excluding hydrogens is 224 g/mol. The molecule has 0 aliphatic carbocycles. The fraction of sp³-hybridized carbons (Fsp3) is 0.538. The van der Waals surface area contributed by atoms with Crippen molar-refractivity contribution < 1.29 is 13.5 Å². The van der Waals surface area contributed by atoms with Crippen molar-refractivity contribution in [3.63, 3.8) is 0 Å². The van der Waals surface area contributed by atoms with Gasteiger partial charge in [-0.3, -0.25) is 0 Å². The van der Waals surface area contributed by atoms with Crippen LogP contribution in [0.5, 0.6) is 0 Å². The predicted octanol–water partition coefficient (Wildman–Crippen LogP) is 2.79. The maximum Gasteiger partial charge on any atom is 0.159 e. The van der Waals surface area contributed by atoms with Crippen molar-refractivity contribution in [1.29, 1.82) is 0 Å². The molecule has 1 heterocycles. The average Bonchev–Trinajstić information content (AvgIpc) is 2.71. The van der Waals surface area contributed by atoms with E-state index in [-0.39, 0.29) is 18.2 Å². The molecule has 3 atom stereocenters. The molecule has 0 bridgehead atoms. The van der Waals surface area contributed by atoms with Gasteiger partial charge in [0.15, 0.2) is 11.6 Å². The van der Waals surface area contributed by atoms with Crippen LogP contribution in [0, 0.1) is 11.6 Å². The van der Waals surface area contributed by atoms with E-state index in [9.17, 15) is 8.78 Å². The topological polar surface area (TPSA) is 21.3 Å². The normalized spacial score (nSPS) is 26.1. The van der Waals surface area contributed by atoms with E-state index in [0.717, 1.165) is 24.5 Å². The maximum absolute atomic E-state index is 13.2. The minimum atomic E-state index is -0.815. The molecule has 0 aromatic heterocycles. The van der Waals surface area contributed by atoms with Crippen LogP contribution in [0.4, 0.5) is 8.78 Å². The van der Waals surface area contributed by atoms with E-state index in [1.165, 1.54) is 6.07 Å². The first-order chi connectivity index (χ1) is 8.11. The summed E-state index contributed by atoms with van der Waals surface area (Å²) >= 11 is 0. The summed E-state index contributed by atoms with van der Waals surface area (Å²) in [6.07, 6.45) is 2.21. The number of halogens is 2. The molecule has 4 heteroatoms. The molecule has 3 unspecified atom stereocenters. The summed E-state index contributed by atoms with van der Waals surface area (Å²) in [5.74, 6) is -1.63. The lowest BCUT2D eigenvalue weighted by Gasteiger charge is -2.23. The largest absolute Gasteiger partial charge is 0.373 e. The lowest BCUT2D eigenvalue weighted by Crippen LogP contribution is -2.29. The Balaban J connectivity index is 2.20. The van der Waals surface area contributed by atoms with Gasteiger partial charge in [-0.1, -0.05) is 6.07 Å². The molecule has 17 heavy (non-hydrogen) atoms. The van der Waals surface area contributed by atoms with Gasteiger partial charge in [-0.05, 0) is 44.5 Å². The lowest BCUT2D eigenvalue weighted by atomic mass is 9.99. The molecule has 0 saturated carbocycles. The van der Waals surface area contributed by atoms with Gasteiger partial charge in [0.1, 0.15) is 0 Å². The van der Waals surface area contributed by atoms with E-state index in [1.807, 2.05) is 6.92 Å². The SMILES string of the molecule is CNC(c1ccc(F)c(F)c1)C1CCC(C)O1. The minimum Gasteiger partial charge on any atom is -0.373 e. The maximum atomic E-state index is 13.2. The smallest absolute Gasteiger partial charge is 0.159 e. The summed E-state index contributed by atoms with van der Waals surface area (Å²) in [7, 11) is 1.80. The summed E-state index contributed by atoms with van der Waals surface area (Å²) in [5.41, 5.74) is 0.727. The molecule has 1 aromatic carbocycles. The number of nitrogens with one attached hydrogen (secondary N) is 1. The highest BCUT2D eigenvalue weighted by Gasteiger charge is 2.30. The van der Waals surface area contributed by atoms with Crippen molar-refractivity contribution in [3.8, 4) is 0 Å². The van der Waals surface area contributed by atoms with Crippen molar-refractivity contribution in [2.75, 3.05) is 7.05 Å². The van der Waals surface area contributed by atoms with Crippen LogP contribution in [-0.2, 0) is 4.74 Å². The fourth-order valence-corrected chi connectivity index (χ4v) is 2.35. The van der Waals surface area contributed by atoms with Gasteiger partial charge in [-0.15, -0.1) is 0 Å². The average molecular weight is 241 g/mol. The minimum absolute atomic E-state index is 0.0276. The fourth-order valence-electron chi connectivity index (χ4n) is 2.35. The van der Waals surface area contributed by atoms with Crippen LogP contribution in [0.2, 0.25) is 0 Å². The first kappa shape index (κ1) is 12.5. The van der Waals surface area contributed by atoms with E-state index in [0.29, 0.717) is 0 Å². The van der Waals surface area contributed by atoms with Crippen LogP contribution in [0.15, 0.2) is 18.2 Å². The van der Waals surface area contributed by atoms with Gasteiger partial charge in [0.25, 0.3) is 0 Å². The van der Waals surface area contributed by atoms with Crippen LogP contribution in [0.25, 0.3) is 0 Å². The van der Waals surface area contributed by atoms with Crippen LogP contribution in [0.1, 0.15) is 31.4 Å². The zero-order valence-corrected chi connectivity index (χ0v) is 10.0. The van der Waals surface area contributed by atoms with E-state index in [1.54, 1.807) is 13.1 Å². The zero-order chi connectivity index (χ0) is 12.4. The first-order valence-corrected chi connectivity index (χ1v) is 5.89. The second-order valence-corrected chi connectivity index (χ2v) is 4.50. The van der Waals surface area contributed by atoms with Gasteiger partial charge in [0.05, 0.1) is 18.2 Å². The monoisotopic (exact) mass is 241 g/mol. The Bertz CT molecular complexity index is 397. The summed E-state index contributed by atoms with van der Waals surface area (Å²) in [6, 6.07) is 3.91. The lowest BCUT2D eigenvalue weighted by molar-refractivity contribution is 0.0332. The van der Waals surface area contributed by atoms with Crippen molar-refractivity contribution in [2.45, 2.75) is 38.0 Å². The van der Waals surface area contributed by atoms with Crippen molar-refractivity contribution in [1.82, 2.24) is 5.32 Å². The van der Waals surface area contributed by atoms with E-state index in [4.69, 9.17) is 4.74 Å². The molecule has 94 valence electrons. The third kappa shape index (κ3) is 2.64. The Hall–Kier alpha value is -1.00. The highest BCUT2D eigenvalue weighted by molar-refractivity contribution is 5.22. The van der Waals surface area contributed by atoms with Crippen molar-refractivity contribution >= 4 is 0 Å². The Morgan fingerprint density at radius 1 is 1.29 bits per heavy atom. The van der Waals surface area contributed by atoms with E-state index < -0.39 is 11.6 Å². The highest BCUT2D eigenvalue weighted by Crippen LogP contribution is 2.30. The Labute approximate surface area is 100.0 Å².